The molecule has 2 atom stereocenters. The minimum Gasteiger partial charge on any atom is -0.490 e. The molecule has 0 radical (unpaired) electrons. The van der Waals surface area contributed by atoms with Crippen molar-refractivity contribution < 1.29 is 14.5 Å². The van der Waals surface area contributed by atoms with Crippen LogP contribution in [0.4, 0.5) is 10.5 Å². The zero-order chi connectivity index (χ0) is 22.6. The average molecular weight is 442 g/mol. The van der Waals surface area contributed by atoms with Crippen molar-refractivity contribution in [2.24, 2.45) is 16.7 Å². The predicted molar refractivity (Wildman–Crippen MR) is 122 cm³/mol. The van der Waals surface area contributed by atoms with Crippen molar-refractivity contribution in [1.29, 1.82) is 0 Å². The number of hydrogen-bond donors (Lipinski definition) is 2. The van der Waals surface area contributed by atoms with Crippen molar-refractivity contribution in [3.8, 4) is 5.75 Å². The van der Waals surface area contributed by atoms with Crippen LogP contribution in [0.25, 0.3) is 0 Å². The molecule has 5 aliphatic carbocycles. The van der Waals surface area contributed by atoms with Gasteiger partial charge in [-0.15, -0.1) is 0 Å². The van der Waals surface area contributed by atoms with Crippen molar-refractivity contribution in [3.63, 3.8) is 0 Å². The van der Waals surface area contributed by atoms with Crippen molar-refractivity contribution >= 4 is 11.7 Å². The molecule has 5 aliphatic rings. The third-order valence-corrected chi connectivity index (χ3v) is 8.36. The van der Waals surface area contributed by atoms with Crippen LogP contribution in [0.3, 0.4) is 0 Å². The Kier molecular flexibility index (Phi) is 5.13. The summed E-state index contributed by atoms with van der Waals surface area (Å²) in [6.45, 7) is 4.85. The van der Waals surface area contributed by atoms with Crippen molar-refractivity contribution in [2.75, 3.05) is 0 Å². The first-order chi connectivity index (χ1) is 15.1. The van der Waals surface area contributed by atoms with Crippen LogP contribution in [0.2, 0.25) is 0 Å². The van der Waals surface area contributed by atoms with Gasteiger partial charge in [0.05, 0.1) is 11.0 Å². The van der Waals surface area contributed by atoms with Gasteiger partial charge in [-0.3, -0.25) is 10.1 Å². The standard InChI is InChI=1S/C25H35N3O4/c1-23-11-17-12-24(2,14-23)16-25(13-17,15-23)27-22(29)26-18-3-7-20(8-4-18)32-21-9-5-19(6-10-21)28(30)31/h5-6,9-10,17-18,20H,3-4,7-8,11-16H2,1-2H3,(H2,26,27,29). The first-order valence-corrected chi connectivity index (χ1v) is 12.1. The van der Waals surface area contributed by atoms with Gasteiger partial charge in [-0.2, -0.15) is 0 Å². The Balaban J connectivity index is 1.11. The van der Waals surface area contributed by atoms with Crippen LogP contribution in [0, 0.1) is 26.9 Å². The summed E-state index contributed by atoms with van der Waals surface area (Å²) in [5.74, 6) is 1.42. The highest BCUT2D eigenvalue weighted by Gasteiger charge is 2.60. The van der Waals surface area contributed by atoms with Gasteiger partial charge in [0.2, 0.25) is 0 Å². The fourth-order valence-corrected chi connectivity index (χ4v) is 8.21. The second-order valence-corrected chi connectivity index (χ2v) is 11.9. The number of nitrogens with zero attached hydrogens (tertiary/aromatic N) is 1. The average Bonchev–Trinajstić information content (AvgIpc) is 2.66. The third kappa shape index (κ3) is 4.30. The highest BCUT2D eigenvalue weighted by Crippen LogP contribution is 2.66. The number of nitro benzene ring substituents is 1. The van der Waals surface area contributed by atoms with Crippen molar-refractivity contribution in [3.05, 3.63) is 34.4 Å². The number of ether oxygens (including phenoxy) is 1. The maximum absolute atomic E-state index is 13.0. The first-order valence-electron chi connectivity index (χ1n) is 12.1. The van der Waals surface area contributed by atoms with Gasteiger partial charge in [-0.1, -0.05) is 13.8 Å². The fraction of sp³-hybridized carbons (Fsp3) is 0.720. The molecule has 2 amide bonds. The van der Waals surface area contributed by atoms with Crippen LogP contribution in [0.1, 0.15) is 78.1 Å². The van der Waals surface area contributed by atoms with E-state index in [2.05, 4.69) is 24.5 Å². The van der Waals surface area contributed by atoms with E-state index in [-0.39, 0.29) is 29.4 Å². The van der Waals surface area contributed by atoms with Crippen LogP contribution in [-0.4, -0.2) is 28.6 Å². The molecular formula is C25H35N3O4. The molecule has 0 aromatic heterocycles. The topological polar surface area (TPSA) is 93.5 Å². The third-order valence-electron chi connectivity index (χ3n) is 8.36. The normalized spacial score (nSPS) is 40.0. The zero-order valence-corrected chi connectivity index (χ0v) is 19.2. The lowest BCUT2D eigenvalue weighted by atomic mass is 9.43. The summed E-state index contributed by atoms with van der Waals surface area (Å²) in [5, 5.41) is 17.5. The van der Waals surface area contributed by atoms with E-state index in [9.17, 15) is 14.9 Å². The Bertz CT molecular complexity index is 875. The summed E-state index contributed by atoms with van der Waals surface area (Å²) in [7, 11) is 0. The number of urea groups is 1. The molecule has 2 N–H and O–H groups in total. The molecule has 32 heavy (non-hydrogen) atoms. The zero-order valence-electron chi connectivity index (χ0n) is 19.2. The van der Waals surface area contributed by atoms with Gasteiger partial charge in [-0.05, 0) is 93.1 Å². The quantitative estimate of drug-likeness (QED) is 0.477. The van der Waals surface area contributed by atoms with E-state index in [1.165, 1.54) is 31.4 Å². The van der Waals surface area contributed by atoms with Crippen LogP contribution < -0.4 is 15.4 Å². The summed E-state index contributed by atoms with van der Waals surface area (Å²) < 4.78 is 6.01. The van der Waals surface area contributed by atoms with Gasteiger partial charge in [0.15, 0.2) is 0 Å². The van der Waals surface area contributed by atoms with E-state index in [0.717, 1.165) is 50.9 Å². The van der Waals surface area contributed by atoms with E-state index in [1.807, 2.05) is 0 Å². The fourth-order valence-electron chi connectivity index (χ4n) is 8.21. The lowest BCUT2D eigenvalue weighted by Crippen LogP contribution is -2.66. The van der Waals surface area contributed by atoms with E-state index in [1.54, 1.807) is 12.1 Å². The molecule has 7 heteroatoms. The minimum atomic E-state index is -0.407. The number of nitro groups is 1. The van der Waals surface area contributed by atoms with E-state index in [4.69, 9.17) is 4.74 Å². The number of hydrogen-bond acceptors (Lipinski definition) is 4. The maximum Gasteiger partial charge on any atom is 0.315 e. The Morgan fingerprint density at radius 2 is 1.62 bits per heavy atom. The molecule has 0 spiro atoms. The smallest absolute Gasteiger partial charge is 0.315 e. The summed E-state index contributed by atoms with van der Waals surface area (Å²) in [6.07, 6.45) is 10.9. The van der Waals surface area contributed by atoms with Crippen LogP contribution >= 0.6 is 0 Å². The highest BCUT2D eigenvalue weighted by atomic mass is 16.6. The number of carbonyl (C=O) groups is 1. The molecule has 0 aliphatic heterocycles. The van der Waals surface area contributed by atoms with Gasteiger partial charge in [0, 0.05) is 23.7 Å². The molecule has 5 saturated carbocycles. The van der Waals surface area contributed by atoms with Gasteiger partial charge < -0.3 is 15.4 Å². The molecular weight excluding hydrogens is 406 g/mol. The lowest BCUT2D eigenvalue weighted by Gasteiger charge is -2.65. The molecule has 6 rings (SSSR count). The number of nitrogens with one attached hydrogen (secondary N) is 2. The van der Waals surface area contributed by atoms with Crippen molar-refractivity contribution in [2.45, 2.75) is 95.7 Å². The van der Waals surface area contributed by atoms with Crippen LogP contribution in [0.5, 0.6) is 5.75 Å². The summed E-state index contributed by atoms with van der Waals surface area (Å²) >= 11 is 0. The number of rotatable bonds is 5. The molecule has 0 heterocycles. The van der Waals surface area contributed by atoms with Gasteiger partial charge in [0.25, 0.3) is 5.69 Å². The Morgan fingerprint density at radius 1 is 1.00 bits per heavy atom. The van der Waals surface area contributed by atoms with Crippen LogP contribution in [-0.2, 0) is 0 Å². The van der Waals surface area contributed by atoms with Gasteiger partial charge in [-0.25, -0.2) is 4.79 Å². The SMILES string of the molecule is CC12CC3CC(C)(C1)CC(NC(=O)NC1CCC(Oc4ccc([N+](=O)[O-])cc4)CC1)(C3)C2. The van der Waals surface area contributed by atoms with Crippen molar-refractivity contribution in [1.82, 2.24) is 10.6 Å². The van der Waals surface area contributed by atoms with E-state index >= 15 is 0 Å². The lowest BCUT2D eigenvalue weighted by molar-refractivity contribution is -0.384. The monoisotopic (exact) mass is 441 g/mol. The molecule has 1 aromatic carbocycles. The second kappa shape index (κ2) is 7.63. The number of amides is 2. The first kappa shape index (κ1) is 21.5. The van der Waals surface area contributed by atoms with Gasteiger partial charge in [0.1, 0.15) is 5.75 Å². The number of benzene rings is 1. The molecule has 7 nitrogen and oxygen atoms in total. The van der Waals surface area contributed by atoms with E-state index in [0.29, 0.717) is 16.6 Å². The highest BCUT2D eigenvalue weighted by molar-refractivity contribution is 5.75. The van der Waals surface area contributed by atoms with E-state index < -0.39 is 4.92 Å². The minimum absolute atomic E-state index is 0.00103. The Hall–Kier alpha value is -2.31. The second-order valence-electron chi connectivity index (χ2n) is 11.9. The summed E-state index contributed by atoms with van der Waals surface area (Å²) in [5.41, 5.74) is 0.811. The summed E-state index contributed by atoms with van der Waals surface area (Å²) in [6, 6.07) is 6.42. The maximum atomic E-state index is 13.0. The predicted octanol–water partition coefficient (Wildman–Crippen LogP) is 5.33. The largest absolute Gasteiger partial charge is 0.490 e. The summed E-state index contributed by atoms with van der Waals surface area (Å²) in [4.78, 5) is 23.3. The van der Waals surface area contributed by atoms with Gasteiger partial charge >= 0.3 is 6.03 Å². The molecule has 5 fully saturated rings. The molecule has 174 valence electrons. The van der Waals surface area contributed by atoms with Crippen LogP contribution in [0.15, 0.2) is 24.3 Å². The molecule has 4 bridgehead atoms. The Labute approximate surface area is 189 Å². The molecule has 0 saturated heterocycles. The number of non-ortho nitro benzene ring substituents is 1. The number of carbonyl (C=O) groups excluding carboxylic acids is 1. The Morgan fingerprint density at radius 3 is 2.19 bits per heavy atom. The molecule has 2 unspecified atom stereocenters. The molecule has 1 aromatic rings.